The van der Waals surface area contributed by atoms with Crippen LogP contribution in [0.5, 0.6) is 0 Å². The third-order valence-corrected chi connectivity index (χ3v) is 5.54. The number of aromatic nitrogens is 4. The number of amides is 1. The first-order valence-electron chi connectivity index (χ1n) is 9.67. The van der Waals surface area contributed by atoms with E-state index < -0.39 is 0 Å². The molecule has 1 amide bonds. The molecule has 3 aromatic rings. The van der Waals surface area contributed by atoms with Crippen LogP contribution in [-0.2, 0) is 13.0 Å². The van der Waals surface area contributed by atoms with Gasteiger partial charge >= 0.3 is 0 Å². The van der Waals surface area contributed by atoms with E-state index in [1.807, 2.05) is 13.1 Å². The minimum Gasteiger partial charge on any atom is -0.339 e. The molecule has 0 bridgehead atoms. The van der Waals surface area contributed by atoms with Crippen molar-refractivity contribution in [1.82, 2.24) is 29.4 Å². The number of carbonyl (C=O) groups is 1. The fourth-order valence-electron chi connectivity index (χ4n) is 3.87. The Hall–Kier alpha value is -2.80. The lowest BCUT2D eigenvalue weighted by Crippen LogP contribution is -2.46. The summed E-state index contributed by atoms with van der Waals surface area (Å²) in [7, 11) is 3.97. The van der Waals surface area contributed by atoms with Crippen LogP contribution in [0.3, 0.4) is 0 Å². The van der Waals surface area contributed by atoms with Crippen LogP contribution in [0.2, 0.25) is 0 Å². The molecule has 1 atom stereocenters. The van der Waals surface area contributed by atoms with Crippen molar-refractivity contribution in [2.24, 2.45) is 0 Å². The van der Waals surface area contributed by atoms with Crippen LogP contribution in [0.25, 0.3) is 5.78 Å². The molecule has 0 N–H and O–H groups in total. The van der Waals surface area contributed by atoms with Gasteiger partial charge in [-0.15, -0.1) is 0 Å². The van der Waals surface area contributed by atoms with E-state index in [1.54, 1.807) is 9.42 Å². The van der Waals surface area contributed by atoms with Crippen molar-refractivity contribution in [3.05, 3.63) is 59.2 Å². The Bertz CT molecular complexity index is 1010. The van der Waals surface area contributed by atoms with Gasteiger partial charge in [0.15, 0.2) is 0 Å². The summed E-state index contributed by atoms with van der Waals surface area (Å²) >= 11 is 0. The summed E-state index contributed by atoms with van der Waals surface area (Å²) in [5, 5.41) is 4.22. The monoisotopic (exact) mass is 378 g/mol. The van der Waals surface area contributed by atoms with Gasteiger partial charge < -0.3 is 4.90 Å². The number of benzene rings is 1. The van der Waals surface area contributed by atoms with Crippen molar-refractivity contribution >= 4 is 11.7 Å². The van der Waals surface area contributed by atoms with E-state index in [0.717, 1.165) is 18.7 Å². The molecule has 1 aliphatic heterocycles. The van der Waals surface area contributed by atoms with Gasteiger partial charge in [-0.05, 0) is 36.6 Å². The third kappa shape index (κ3) is 3.38. The van der Waals surface area contributed by atoms with Crippen molar-refractivity contribution < 1.29 is 4.79 Å². The summed E-state index contributed by atoms with van der Waals surface area (Å²) in [4.78, 5) is 25.8. The molecular formula is C21H26N6O. The number of rotatable bonds is 4. The highest BCUT2D eigenvalue weighted by atomic mass is 16.2. The van der Waals surface area contributed by atoms with Crippen LogP contribution >= 0.6 is 0 Å². The van der Waals surface area contributed by atoms with E-state index in [1.165, 1.54) is 17.5 Å². The molecule has 0 saturated carbocycles. The summed E-state index contributed by atoms with van der Waals surface area (Å²) in [5.41, 5.74) is 4.10. The van der Waals surface area contributed by atoms with E-state index in [0.29, 0.717) is 18.0 Å². The van der Waals surface area contributed by atoms with Gasteiger partial charge in [-0.25, -0.2) is 9.50 Å². The van der Waals surface area contributed by atoms with Gasteiger partial charge in [0.05, 0.1) is 5.69 Å². The predicted octanol–water partition coefficient (Wildman–Crippen LogP) is 2.38. The fourth-order valence-corrected chi connectivity index (χ4v) is 3.87. The molecule has 0 saturated heterocycles. The molecule has 4 rings (SSSR count). The SMILES string of the molecule is CC(C)c1cc(C(=O)N(C)C[C@H]2Cc3ccccc3CN2C)nc2ncnn12. The minimum atomic E-state index is -0.0836. The Morgan fingerprint density at radius 1 is 1.29 bits per heavy atom. The molecule has 2 aromatic heterocycles. The molecule has 1 aromatic carbocycles. The molecule has 0 spiro atoms. The minimum absolute atomic E-state index is 0.0836. The van der Waals surface area contributed by atoms with Crippen molar-refractivity contribution in [2.75, 3.05) is 20.6 Å². The molecule has 28 heavy (non-hydrogen) atoms. The maximum atomic E-state index is 13.1. The van der Waals surface area contributed by atoms with Crippen LogP contribution in [0, 0.1) is 0 Å². The normalized spacial score (nSPS) is 17.1. The van der Waals surface area contributed by atoms with Gasteiger partial charge in [-0.1, -0.05) is 38.1 Å². The smallest absolute Gasteiger partial charge is 0.272 e. The third-order valence-electron chi connectivity index (χ3n) is 5.54. The summed E-state index contributed by atoms with van der Waals surface area (Å²) in [6.07, 6.45) is 2.42. The molecular weight excluding hydrogens is 352 g/mol. The Morgan fingerprint density at radius 2 is 2.04 bits per heavy atom. The standard InChI is InChI=1S/C21H26N6O/c1-14(2)19-10-18(24-21-22-13-23-27(19)21)20(28)26(4)12-17-9-15-7-5-6-8-16(15)11-25(17)3/h5-8,10,13-14,17H,9,11-12H2,1-4H3/t17-/m1/s1. The van der Waals surface area contributed by atoms with E-state index in [-0.39, 0.29) is 17.9 Å². The molecule has 0 fully saturated rings. The zero-order valence-electron chi connectivity index (χ0n) is 16.8. The number of nitrogens with zero attached hydrogens (tertiary/aromatic N) is 6. The van der Waals surface area contributed by atoms with Crippen LogP contribution in [0.4, 0.5) is 0 Å². The van der Waals surface area contributed by atoms with Crippen LogP contribution in [0.1, 0.15) is 47.1 Å². The van der Waals surface area contributed by atoms with Gasteiger partial charge in [-0.3, -0.25) is 9.69 Å². The lowest BCUT2D eigenvalue weighted by molar-refractivity contribution is 0.0727. The second kappa shape index (κ2) is 7.31. The maximum Gasteiger partial charge on any atom is 0.272 e. The largest absolute Gasteiger partial charge is 0.339 e. The zero-order chi connectivity index (χ0) is 19.8. The van der Waals surface area contributed by atoms with Gasteiger partial charge in [0.1, 0.15) is 12.0 Å². The van der Waals surface area contributed by atoms with Gasteiger partial charge in [0.2, 0.25) is 0 Å². The number of hydrogen-bond donors (Lipinski definition) is 0. The highest BCUT2D eigenvalue weighted by Gasteiger charge is 2.27. The molecule has 7 nitrogen and oxygen atoms in total. The number of hydrogen-bond acceptors (Lipinski definition) is 5. The fraction of sp³-hybridized carbons (Fsp3) is 0.429. The van der Waals surface area contributed by atoms with E-state index in [2.05, 4.69) is 65.1 Å². The summed E-state index contributed by atoms with van der Waals surface area (Å²) < 4.78 is 1.70. The van der Waals surface area contributed by atoms with Crippen LogP contribution in [-0.4, -0.2) is 62.0 Å². The van der Waals surface area contributed by atoms with E-state index in [9.17, 15) is 4.79 Å². The second-order valence-corrected chi connectivity index (χ2v) is 7.92. The molecule has 3 heterocycles. The first kappa shape index (κ1) is 18.6. The molecule has 0 radical (unpaired) electrons. The highest BCUT2D eigenvalue weighted by Crippen LogP contribution is 2.23. The van der Waals surface area contributed by atoms with E-state index in [4.69, 9.17) is 0 Å². The molecule has 1 aliphatic rings. The first-order valence-corrected chi connectivity index (χ1v) is 9.67. The Morgan fingerprint density at radius 3 is 2.79 bits per heavy atom. The summed E-state index contributed by atoms with van der Waals surface area (Å²) in [6, 6.07) is 10.7. The van der Waals surface area contributed by atoms with Gasteiger partial charge in [-0.2, -0.15) is 10.1 Å². The molecule has 0 unspecified atom stereocenters. The lowest BCUT2D eigenvalue weighted by atomic mass is 9.94. The Labute approximate surface area is 165 Å². The highest BCUT2D eigenvalue weighted by molar-refractivity contribution is 5.92. The van der Waals surface area contributed by atoms with Gasteiger partial charge in [0.25, 0.3) is 11.7 Å². The second-order valence-electron chi connectivity index (χ2n) is 7.92. The zero-order valence-corrected chi connectivity index (χ0v) is 16.8. The van der Waals surface area contributed by atoms with Crippen LogP contribution in [0.15, 0.2) is 36.7 Å². The molecule has 146 valence electrons. The maximum absolute atomic E-state index is 13.1. The van der Waals surface area contributed by atoms with Gasteiger partial charge in [0, 0.05) is 26.2 Å². The molecule has 0 aliphatic carbocycles. The quantitative estimate of drug-likeness (QED) is 0.697. The predicted molar refractivity (Wildman–Crippen MR) is 107 cm³/mol. The topological polar surface area (TPSA) is 66.6 Å². The van der Waals surface area contributed by atoms with Crippen molar-refractivity contribution in [3.8, 4) is 0 Å². The Balaban J connectivity index is 1.55. The number of carbonyl (C=O) groups excluding carboxylic acids is 1. The average Bonchev–Trinajstić information content (AvgIpc) is 3.15. The van der Waals surface area contributed by atoms with Crippen LogP contribution < -0.4 is 0 Å². The Kier molecular flexibility index (Phi) is 4.85. The van der Waals surface area contributed by atoms with E-state index >= 15 is 0 Å². The molecule has 7 heteroatoms. The number of likely N-dealkylation sites (N-methyl/N-ethyl adjacent to an activating group) is 2. The van der Waals surface area contributed by atoms with Crippen molar-refractivity contribution in [1.29, 1.82) is 0 Å². The average molecular weight is 378 g/mol. The summed E-state index contributed by atoms with van der Waals surface area (Å²) in [6.45, 7) is 5.70. The first-order chi connectivity index (χ1) is 13.4. The summed E-state index contributed by atoms with van der Waals surface area (Å²) in [5.74, 6) is 0.594. The lowest BCUT2D eigenvalue weighted by Gasteiger charge is -2.36. The number of fused-ring (bicyclic) bond motifs is 2. The van der Waals surface area contributed by atoms with Crippen molar-refractivity contribution in [3.63, 3.8) is 0 Å². The van der Waals surface area contributed by atoms with Crippen molar-refractivity contribution in [2.45, 2.75) is 38.8 Å².